The molecule has 0 atom stereocenters. The van der Waals surface area contributed by atoms with E-state index >= 15 is 0 Å². The number of aromatic nitrogens is 2. The zero-order valence-corrected chi connectivity index (χ0v) is 16.7. The molecule has 3 rings (SSSR count). The van der Waals surface area contributed by atoms with Crippen LogP contribution in [0, 0.1) is 11.6 Å². The largest absolute Gasteiger partial charge is 0.494 e. The molecule has 9 heteroatoms. The van der Waals surface area contributed by atoms with Gasteiger partial charge in [0, 0.05) is 36.1 Å². The normalized spacial score (nSPS) is 11.1. The van der Waals surface area contributed by atoms with E-state index in [1.54, 1.807) is 18.3 Å². The number of ether oxygens (including phenoxy) is 2. The van der Waals surface area contributed by atoms with Gasteiger partial charge in [0.05, 0.1) is 25.5 Å². The van der Waals surface area contributed by atoms with Crippen molar-refractivity contribution in [3.05, 3.63) is 36.0 Å². The van der Waals surface area contributed by atoms with Crippen LogP contribution in [0.5, 0.6) is 11.5 Å². The fourth-order valence-electron chi connectivity index (χ4n) is 2.93. The number of nitrogens with one attached hydrogen (secondary N) is 1. The molecule has 0 aliphatic rings. The average molecular weight is 403 g/mol. The van der Waals surface area contributed by atoms with Crippen molar-refractivity contribution < 1.29 is 18.3 Å². The molecule has 0 bridgehead atoms. The van der Waals surface area contributed by atoms with E-state index in [-0.39, 0.29) is 22.8 Å². The van der Waals surface area contributed by atoms with E-state index in [4.69, 9.17) is 15.2 Å². The molecule has 0 aliphatic heterocycles. The summed E-state index contributed by atoms with van der Waals surface area (Å²) in [5.41, 5.74) is 5.56. The first kappa shape index (κ1) is 20.5. The number of anilines is 2. The van der Waals surface area contributed by atoms with E-state index in [0.29, 0.717) is 29.0 Å². The van der Waals surface area contributed by atoms with Gasteiger partial charge in [0.15, 0.2) is 23.1 Å². The van der Waals surface area contributed by atoms with Crippen molar-refractivity contribution in [3.63, 3.8) is 0 Å². The van der Waals surface area contributed by atoms with Gasteiger partial charge in [0.2, 0.25) is 0 Å². The number of halogens is 2. The Hall–Kier alpha value is -3.20. The molecule has 0 amide bonds. The Morgan fingerprint density at radius 1 is 1.07 bits per heavy atom. The lowest BCUT2D eigenvalue weighted by Crippen LogP contribution is -2.21. The van der Waals surface area contributed by atoms with Crippen LogP contribution in [0.1, 0.15) is 0 Å². The summed E-state index contributed by atoms with van der Waals surface area (Å²) in [6, 6.07) is 4.38. The molecule has 29 heavy (non-hydrogen) atoms. The molecule has 0 unspecified atom stereocenters. The quantitative estimate of drug-likeness (QED) is 0.627. The molecule has 1 aromatic carbocycles. The SMILES string of the molecule is COc1cc(OC)c(F)c(-c2cc3cnc(N)cc3c(NCCN(C)C)n2)c1F. The Kier molecular flexibility index (Phi) is 5.97. The summed E-state index contributed by atoms with van der Waals surface area (Å²) in [6.07, 6.45) is 1.54. The van der Waals surface area contributed by atoms with Crippen molar-refractivity contribution in [1.29, 1.82) is 0 Å². The fraction of sp³-hybridized carbons (Fsp3) is 0.300. The standard InChI is InChI=1S/C20H23F2N5O2/c1-27(2)6-5-24-20-12-8-16(23)25-10-11(12)7-13(26-20)17-18(21)14(28-3)9-15(29-4)19(17)22/h7-10H,5-6H2,1-4H3,(H2,23,25)(H,24,26). The fourth-order valence-corrected chi connectivity index (χ4v) is 2.93. The maximum Gasteiger partial charge on any atom is 0.177 e. The lowest BCUT2D eigenvalue weighted by atomic mass is 10.1. The molecule has 0 fully saturated rings. The minimum atomic E-state index is -0.861. The first-order valence-corrected chi connectivity index (χ1v) is 8.91. The highest BCUT2D eigenvalue weighted by molar-refractivity contribution is 5.95. The van der Waals surface area contributed by atoms with Crippen molar-refractivity contribution in [3.8, 4) is 22.8 Å². The van der Waals surface area contributed by atoms with E-state index < -0.39 is 11.6 Å². The molecule has 7 nitrogen and oxygen atoms in total. The average Bonchev–Trinajstić information content (AvgIpc) is 2.68. The Labute approximate surface area is 167 Å². The minimum absolute atomic E-state index is 0.0867. The van der Waals surface area contributed by atoms with Crippen molar-refractivity contribution >= 4 is 22.4 Å². The van der Waals surface area contributed by atoms with Crippen molar-refractivity contribution in [2.45, 2.75) is 0 Å². The van der Waals surface area contributed by atoms with Crippen LogP contribution in [-0.2, 0) is 0 Å². The first-order chi connectivity index (χ1) is 13.8. The van der Waals surface area contributed by atoms with Crippen LogP contribution in [-0.4, -0.2) is 56.3 Å². The highest BCUT2D eigenvalue weighted by atomic mass is 19.1. The molecule has 0 saturated carbocycles. The summed E-state index contributed by atoms with van der Waals surface area (Å²) < 4.78 is 40.0. The van der Waals surface area contributed by atoms with E-state index in [1.807, 2.05) is 19.0 Å². The third-order valence-corrected chi connectivity index (χ3v) is 4.42. The Bertz CT molecular complexity index is 1020. The number of hydrogen-bond donors (Lipinski definition) is 2. The monoisotopic (exact) mass is 403 g/mol. The van der Waals surface area contributed by atoms with Gasteiger partial charge in [-0.1, -0.05) is 0 Å². The van der Waals surface area contributed by atoms with Crippen molar-refractivity contribution in [2.24, 2.45) is 0 Å². The summed E-state index contributed by atoms with van der Waals surface area (Å²) in [6.45, 7) is 1.32. The molecule has 2 aromatic heterocycles. The maximum absolute atomic E-state index is 15.0. The topological polar surface area (TPSA) is 85.5 Å². The zero-order valence-electron chi connectivity index (χ0n) is 16.7. The van der Waals surface area contributed by atoms with E-state index in [2.05, 4.69) is 15.3 Å². The molecular weight excluding hydrogens is 380 g/mol. The summed E-state index contributed by atoms with van der Waals surface area (Å²) in [4.78, 5) is 10.6. The highest BCUT2D eigenvalue weighted by Crippen LogP contribution is 2.38. The lowest BCUT2D eigenvalue weighted by molar-refractivity contribution is 0.359. The number of methoxy groups -OCH3 is 2. The van der Waals surface area contributed by atoms with Crippen LogP contribution in [0.2, 0.25) is 0 Å². The van der Waals surface area contributed by atoms with Gasteiger partial charge in [-0.3, -0.25) is 0 Å². The molecular formula is C20H23F2N5O2. The Morgan fingerprint density at radius 2 is 1.72 bits per heavy atom. The van der Waals surface area contributed by atoms with Crippen molar-refractivity contribution in [1.82, 2.24) is 14.9 Å². The zero-order chi connectivity index (χ0) is 21.1. The van der Waals surface area contributed by atoms with E-state index in [1.165, 1.54) is 14.2 Å². The number of likely N-dealkylation sites (N-methyl/N-ethyl adjacent to an activating group) is 1. The number of nitrogens with zero attached hydrogens (tertiary/aromatic N) is 3. The second kappa shape index (κ2) is 8.44. The number of nitrogens with two attached hydrogens (primary N) is 1. The lowest BCUT2D eigenvalue weighted by Gasteiger charge is -2.16. The predicted octanol–water partition coefficient (Wildman–Crippen LogP) is 3.15. The van der Waals surface area contributed by atoms with Crippen LogP contribution >= 0.6 is 0 Å². The van der Waals surface area contributed by atoms with Crippen LogP contribution in [0.4, 0.5) is 20.4 Å². The summed E-state index contributed by atoms with van der Waals surface area (Å²) in [5, 5.41) is 4.55. The van der Waals surface area contributed by atoms with Gasteiger partial charge in [-0.15, -0.1) is 0 Å². The van der Waals surface area contributed by atoms with Gasteiger partial charge in [0.1, 0.15) is 11.6 Å². The molecule has 0 aliphatic carbocycles. The second-order valence-electron chi connectivity index (χ2n) is 6.70. The summed E-state index contributed by atoms with van der Waals surface area (Å²) in [5.74, 6) is -1.23. The molecule has 0 radical (unpaired) electrons. The first-order valence-electron chi connectivity index (χ1n) is 8.91. The van der Waals surface area contributed by atoms with Crippen LogP contribution in [0.15, 0.2) is 24.4 Å². The van der Waals surface area contributed by atoms with Gasteiger partial charge >= 0.3 is 0 Å². The molecule has 3 aromatic rings. The third-order valence-electron chi connectivity index (χ3n) is 4.42. The highest BCUT2D eigenvalue weighted by Gasteiger charge is 2.23. The van der Waals surface area contributed by atoms with Crippen LogP contribution in [0.25, 0.3) is 22.0 Å². The Morgan fingerprint density at radius 3 is 2.31 bits per heavy atom. The van der Waals surface area contributed by atoms with Gasteiger partial charge in [-0.05, 0) is 26.2 Å². The molecule has 154 valence electrons. The van der Waals surface area contributed by atoms with Gasteiger partial charge in [-0.2, -0.15) is 0 Å². The summed E-state index contributed by atoms with van der Waals surface area (Å²) >= 11 is 0. The van der Waals surface area contributed by atoms with Crippen LogP contribution in [0.3, 0.4) is 0 Å². The number of fused-ring (bicyclic) bond motifs is 1. The van der Waals surface area contributed by atoms with Crippen molar-refractivity contribution in [2.75, 3.05) is 52.5 Å². The molecule has 3 N–H and O–H groups in total. The number of nitrogen functional groups attached to an aromatic ring is 1. The second-order valence-corrected chi connectivity index (χ2v) is 6.70. The number of hydrogen-bond acceptors (Lipinski definition) is 7. The minimum Gasteiger partial charge on any atom is -0.494 e. The Balaban J connectivity index is 2.21. The van der Waals surface area contributed by atoms with Gasteiger partial charge in [-0.25, -0.2) is 18.7 Å². The third kappa shape index (κ3) is 4.14. The number of pyridine rings is 2. The number of benzene rings is 1. The summed E-state index contributed by atoms with van der Waals surface area (Å²) in [7, 11) is 6.49. The molecule has 0 saturated heterocycles. The maximum atomic E-state index is 15.0. The number of rotatable bonds is 7. The smallest absolute Gasteiger partial charge is 0.177 e. The molecule has 0 spiro atoms. The van der Waals surface area contributed by atoms with Gasteiger partial charge in [0.25, 0.3) is 0 Å². The predicted molar refractivity (Wildman–Crippen MR) is 109 cm³/mol. The molecule has 2 heterocycles. The van der Waals surface area contributed by atoms with Gasteiger partial charge < -0.3 is 25.4 Å². The van der Waals surface area contributed by atoms with E-state index in [9.17, 15) is 8.78 Å². The van der Waals surface area contributed by atoms with Crippen LogP contribution < -0.4 is 20.5 Å². The van der Waals surface area contributed by atoms with E-state index in [0.717, 1.165) is 12.6 Å².